The van der Waals surface area contributed by atoms with E-state index in [2.05, 4.69) is 17.2 Å². The fraction of sp³-hybridized carbons (Fsp3) is 0.783. The van der Waals surface area contributed by atoms with Crippen LogP contribution in [-0.2, 0) is 11.3 Å². The average molecular weight is 408 g/mol. The number of carbonyl (C=O) groups is 2. The number of unbranched alkanes of at least 4 members (excludes halogenated alkanes) is 8. The third-order valence-electron chi connectivity index (χ3n) is 4.95. The highest BCUT2D eigenvalue weighted by molar-refractivity contribution is 5.92. The maximum absolute atomic E-state index is 12.7. The van der Waals surface area contributed by atoms with Crippen molar-refractivity contribution in [3.8, 4) is 0 Å². The Labute approximate surface area is 176 Å². The van der Waals surface area contributed by atoms with Crippen LogP contribution in [-0.4, -0.2) is 33.8 Å². The summed E-state index contributed by atoms with van der Waals surface area (Å²) in [5, 5.41) is 2.79. The van der Waals surface area contributed by atoms with E-state index in [4.69, 9.17) is 4.42 Å². The molecule has 2 amide bonds. The normalized spacial score (nSPS) is 11.3. The van der Waals surface area contributed by atoms with Crippen LogP contribution in [0.5, 0.6) is 0 Å². The van der Waals surface area contributed by atoms with Gasteiger partial charge in [0.05, 0.1) is 6.54 Å². The smallest absolute Gasteiger partial charge is 0.273 e. The molecule has 0 unspecified atom stereocenters. The van der Waals surface area contributed by atoms with Gasteiger partial charge in [0.2, 0.25) is 11.8 Å². The van der Waals surface area contributed by atoms with Gasteiger partial charge < -0.3 is 14.6 Å². The van der Waals surface area contributed by atoms with Gasteiger partial charge in [-0.05, 0) is 34.1 Å². The van der Waals surface area contributed by atoms with Crippen LogP contribution in [0.4, 0.5) is 0 Å². The molecule has 0 saturated heterocycles. The number of nitrogens with zero attached hydrogens (tertiary/aromatic N) is 2. The number of aromatic nitrogens is 1. The predicted molar refractivity (Wildman–Crippen MR) is 117 cm³/mol. The van der Waals surface area contributed by atoms with E-state index in [0.29, 0.717) is 18.9 Å². The van der Waals surface area contributed by atoms with Crippen molar-refractivity contribution in [2.75, 3.05) is 0 Å². The average Bonchev–Trinajstić information content (AvgIpc) is 3.12. The zero-order chi connectivity index (χ0) is 21.6. The van der Waals surface area contributed by atoms with Crippen molar-refractivity contribution in [3.63, 3.8) is 0 Å². The van der Waals surface area contributed by atoms with Crippen molar-refractivity contribution < 1.29 is 14.0 Å². The first kappa shape index (κ1) is 25.2. The number of rotatable bonds is 15. The number of carbonyl (C=O) groups excluding carboxylic acids is 2. The van der Waals surface area contributed by atoms with Crippen molar-refractivity contribution in [2.24, 2.45) is 0 Å². The van der Waals surface area contributed by atoms with Gasteiger partial charge in [-0.25, -0.2) is 4.98 Å². The van der Waals surface area contributed by atoms with E-state index < -0.39 is 0 Å². The van der Waals surface area contributed by atoms with Crippen LogP contribution in [0.1, 0.15) is 115 Å². The third kappa shape index (κ3) is 10.5. The lowest BCUT2D eigenvalue weighted by molar-refractivity contribution is -0.134. The first-order valence-electron chi connectivity index (χ1n) is 11.4. The van der Waals surface area contributed by atoms with Crippen molar-refractivity contribution in [1.29, 1.82) is 0 Å². The maximum Gasteiger partial charge on any atom is 0.273 e. The molecular formula is C23H41N3O3. The Bertz CT molecular complexity index is 596. The molecular weight excluding hydrogens is 366 g/mol. The number of hydrogen-bond acceptors (Lipinski definition) is 4. The summed E-state index contributed by atoms with van der Waals surface area (Å²) in [6.07, 6.45) is 13.0. The van der Waals surface area contributed by atoms with Crippen LogP contribution >= 0.6 is 0 Å². The molecule has 0 saturated carbocycles. The minimum Gasteiger partial charge on any atom is -0.446 e. The van der Waals surface area contributed by atoms with Crippen LogP contribution in [0.2, 0.25) is 0 Å². The van der Waals surface area contributed by atoms with Gasteiger partial charge in [-0.2, -0.15) is 0 Å². The number of amides is 2. The molecule has 1 heterocycles. The van der Waals surface area contributed by atoms with E-state index in [9.17, 15) is 9.59 Å². The molecule has 6 heteroatoms. The Balaban J connectivity index is 2.38. The molecule has 6 nitrogen and oxygen atoms in total. The Morgan fingerprint density at radius 2 is 1.59 bits per heavy atom. The van der Waals surface area contributed by atoms with Crippen LogP contribution in [0.15, 0.2) is 10.7 Å². The molecule has 0 spiro atoms. The summed E-state index contributed by atoms with van der Waals surface area (Å²) >= 11 is 0. The molecule has 0 aromatic carbocycles. The molecule has 0 aliphatic rings. The molecule has 0 aliphatic carbocycles. The lowest BCUT2D eigenvalue weighted by atomic mass is 10.1. The summed E-state index contributed by atoms with van der Waals surface area (Å²) in [7, 11) is 0. The molecule has 166 valence electrons. The Morgan fingerprint density at radius 1 is 1.00 bits per heavy atom. The Kier molecular flexibility index (Phi) is 12.3. The van der Waals surface area contributed by atoms with Crippen molar-refractivity contribution in [1.82, 2.24) is 15.2 Å². The van der Waals surface area contributed by atoms with Gasteiger partial charge in [-0.3, -0.25) is 9.59 Å². The molecule has 0 bridgehead atoms. The van der Waals surface area contributed by atoms with Gasteiger partial charge in [-0.15, -0.1) is 0 Å². The van der Waals surface area contributed by atoms with E-state index in [1.807, 2.05) is 27.7 Å². The van der Waals surface area contributed by atoms with E-state index in [0.717, 1.165) is 12.8 Å². The minimum atomic E-state index is -0.257. The topological polar surface area (TPSA) is 75.4 Å². The standard InChI is InChI=1S/C23H41N3O3/c1-6-7-8-9-10-11-12-13-14-15-22(27)26(19(4)5)16-21-25-20(17-29-21)23(28)24-18(2)3/h17-19H,6-16H2,1-5H3,(H,24,28). The zero-order valence-corrected chi connectivity index (χ0v) is 19.1. The van der Waals surface area contributed by atoms with Crippen molar-refractivity contribution >= 4 is 11.8 Å². The molecule has 1 aromatic heterocycles. The summed E-state index contributed by atoms with van der Waals surface area (Å²) in [5.74, 6) is 0.259. The maximum atomic E-state index is 12.7. The largest absolute Gasteiger partial charge is 0.446 e. The first-order chi connectivity index (χ1) is 13.8. The van der Waals surface area contributed by atoms with Gasteiger partial charge in [0.15, 0.2) is 5.69 Å². The molecule has 0 aliphatic heterocycles. The van der Waals surface area contributed by atoms with Gasteiger partial charge in [0.1, 0.15) is 6.26 Å². The van der Waals surface area contributed by atoms with Crippen LogP contribution in [0, 0.1) is 0 Å². The van der Waals surface area contributed by atoms with Gasteiger partial charge in [-0.1, -0.05) is 58.3 Å². The third-order valence-corrected chi connectivity index (χ3v) is 4.95. The predicted octanol–water partition coefficient (Wildman–Crippen LogP) is 5.47. The van der Waals surface area contributed by atoms with E-state index in [1.54, 1.807) is 4.90 Å². The molecule has 1 rings (SSSR count). The van der Waals surface area contributed by atoms with Gasteiger partial charge in [0, 0.05) is 18.5 Å². The highest BCUT2D eigenvalue weighted by Gasteiger charge is 2.20. The molecule has 29 heavy (non-hydrogen) atoms. The molecule has 1 N–H and O–H groups in total. The zero-order valence-electron chi connectivity index (χ0n) is 19.1. The highest BCUT2D eigenvalue weighted by Crippen LogP contribution is 2.14. The number of hydrogen-bond donors (Lipinski definition) is 1. The molecule has 0 fully saturated rings. The van der Waals surface area contributed by atoms with Crippen molar-refractivity contribution in [3.05, 3.63) is 17.8 Å². The molecule has 0 radical (unpaired) electrons. The van der Waals surface area contributed by atoms with E-state index in [-0.39, 0.29) is 29.6 Å². The summed E-state index contributed by atoms with van der Waals surface area (Å²) in [5.41, 5.74) is 0.254. The van der Waals surface area contributed by atoms with Crippen molar-refractivity contribution in [2.45, 2.75) is 117 Å². The fourth-order valence-corrected chi connectivity index (χ4v) is 3.26. The molecule has 1 aromatic rings. The quantitative estimate of drug-likeness (QED) is 0.391. The number of oxazole rings is 1. The summed E-state index contributed by atoms with van der Waals surface area (Å²) in [4.78, 5) is 30.7. The minimum absolute atomic E-state index is 0.0349. The first-order valence-corrected chi connectivity index (χ1v) is 11.4. The van der Waals surface area contributed by atoms with Crippen LogP contribution in [0.3, 0.4) is 0 Å². The van der Waals surface area contributed by atoms with E-state index in [1.165, 1.54) is 51.2 Å². The monoisotopic (exact) mass is 407 g/mol. The van der Waals surface area contributed by atoms with Gasteiger partial charge in [0.25, 0.3) is 5.91 Å². The highest BCUT2D eigenvalue weighted by atomic mass is 16.3. The second-order valence-electron chi connectivity index (χ2n) is 8.45. The Morgan fingerprint density at radius 3 is 2.14 bits per heavy atom. The second-order valence-corrected chi connectivity index (χ2v) is 8.45. The Hall–Kier alpha value is -1.85. The number of nitrogens with one attached hydrogen (secondary N) is 1. The SMILES string of the molecule is CCCCCCCCCCCC(=O)N(Cc1nc(C(=O)NC(C)C)co1)C(C)C. The van der Waals surface area contributed by atoms with Gasteiger partial charge >= 0.3 is 0 Å². The fourth-order valence-electron chi connectivity index (χ4n) is 3.26. The second kappa shape index (κ2) is 14.2. The lowest BCUT2D eigenvalue weighted by Crippen LogP contribution is -2.36. The summed E-state index contributed by atoms with van der Waals surface area (Å²) in [6.45, 7) is 10.3. The summed E-state index contributed by atoms with van der Waals surface area (Å²) < 4.78 is 5.43. The lowest BCUT2D eigenvalue weighted by Gasteiger charge is -2.25. The molecule has 0 atom stereocenters. The van der Waals surface area contributed by atoms with Crippen LogP contribution in [0.25, 0.3) is 0 Å². The van der Waals surface area contributed by atoms with Crippen LogP contribution < -0.4 is 5.32 Å². The summed E-state index contributed by atoms with van der Waals surface area (Å²) in [6, 6.07) is 0.0913. The van der Waals surface area contributed by atoms with E-state index >= 15 is 0 Å².